The number of carbonyl (C=O) groups excluding carboxylic acids is 2. The lowest BCUT2D eigenvalue weighted by Gasteiger charge is -2.14. The minimum atomic E-state index is -0.287. The Morgan fingerprint density at radius 2 is 2.09 bits per heavy atom. The van der Waals surface area contributed by atoms with E-state index in [4.69, 9.17) is 0 Å². The normalized spacial score (nSPS) is 18.3. The van der Waals surface area contributed by atoms with Gasteiger partial charge in [0.2, 0.25) is 5.91 Å². The Morgan fingerprint density at radius 1 is 1.45 bits per heavy atom. The van der Waals surface area contributed by atoms with Crippen LogP contribution in [0.15, 0.2) is 11.6 Å². The van der Waals surface area contributed by atoms with Gasteiger partial charge in [-0.05, 0) is 5.92 Å². The fourth-order valence-corrected chi connectivity index (χ4v) is 0.993. The van der Waals surface area contributed by atoms with Gasteiger partial charge in [-0.2, -0.15) is 0 Å². The molecule has 0 aliphatic carbocycles. The summed E-state index contributed by atoms with van der Waals surface area (Å²) in [6.45, 7) is 3.94. The van der Waals surface area contributed by atoms with E-state index in [1.54, 1.807) is 0 Å². The van der Waals surface area contributed by atoms with Gasteiger partial charge in [-0.1, -0.05) is 19.4 Å². The zero-order valence-electron chi connectivity index (χ0n) is 6.68. The monoisotopic (exact) mass is 153 g/mol. The first-order chi connectivity index (χ1) is 5.09. The van der Waals surface area contributed by atoms with Gasteiger partial charge in [-0.15, -0.1) is 0 Å². The van der Waals surface area contributed by atoms with Crippen molar-refractivity contribution in [2.45, 2.75) is 20.3 Å². The molecule has 2 amide bonds. The molecule has 1 N–H and O–H groups in total. The van der Waals surface area contributed by atoms with Crippen LogP contribution in [0.2, 0.25) is 0 Å². The van der Waals surface area contributed by atoms with Crippen LogP contribution in [0, 0.1) is 5.92 Å². The van der Waals surface area contributed by atoms with Gasteiger partial charge in [0.25, 0.3) is 5.91 Å². The molecular formula is C8H11NO2. The molecule has 0 saturated carbocycles. The van der Waals surface area contributed by atoms with Gasteiger partial charge in [0.05, 0.1) is 0 Å². The molecule has 1 rings (SSSR count). The topological polar surface area (TPSA) is 46.2 Å². The first-order valence-electron chi connectivity index (χ1n) is 3.64. The van der Waals surface area contributed by atoms with Crippen LogP contribution in [0.1, 0.15) is 20.3 Å². The summed E-state index contributed by atoms with van der Waals surface area (Å²) >= 11 is 0. The Bertz CT molecular complexity index is 228. The van der Waals surface area contributed by atoms with Crippen molar-refractivity contribution in [2.24, 2.45) is 5.92 Å². The van der Waals surface area contributed by atoms with Crippen LogP contribution in [0.3, 0.4) is 0 Å². The van der Waals surface area contributed by atoms with Crippen LogP contribution < -0.4 is 5.32 Å². The summed E-state index contributed by atoms with van der Waals surface area (Å²) in [7, 11) is 0. The third-order valence-electron chi connectivity index (χ3n) is 1.69. The Balaban J connectivity index is 2.80. The van der Waals surface area contributed by atoms with Gasteiger partial charge in [0.1, 0.15) is 0 Å². The molecule has 1 aliphatic rings. The summed E-state index contributed by atoms with van der Waals surface area (Å²) in [5, 5.41) is 2.21. The van der Waals surface area contributed by atoms with Crippen LogP contribution in [0.4, 0.5) is 0 Å². The van der Waals surface area contributed by atoms with Gasteiger partial charge < -0.3 is 0 Å². The molecule has 0 aromatic heterocycles. The molecule has 60 valence electrons. The average molecular weight is 153 g/mol. The van der Waals surface area contributed by atoms with Crippen molar-refractivity contribution in [3.8, 4) is 0 Å². The van der Waals surface area contributed by atoms with Crippen molar-refractivity contribution in [1.29, 1.82) is 0 Å². The number of rotatable bonds is 1. The van der Waals surface area contributed by atoms with Crippen LogP contribution in [-0.4, -0.2) is 11.8 Å². The van der Waals surface area contributed by atoms with Crippen molar-refractivity contribution < 1.29 is 9.59 Å². The predicted octanol–water partition coefficient (Wildman–Crippen LogP) is 0.615. The second-order valence-electron chi connectivity index (χ2n) is 2.96. The molecule has 11 heavy (non-hydrogen) atoms. The third kappa shape index (κ3) is 1.90. The maximum Gasteiger partial charge on any atom is 0.250 e. The Hall–Kier alpha value is -1.12. The fourth-order valence-electron chi connectivity index (χ4n) is 0.993. The second kappa shape index (κ2) is 2.86. The molecule has 3 heteroatoms. The molecule has 1 aliphatic heterocycles. The molecule has 0 saturated heterocycles. The lowest BCUT2D eigenvalue weighted by atomic mass is 9.97. The molecule has 0 aromatic rings. The number of imide groups is 1. The van der Waals surface area contributed by atoms with Crippen molar-refractivity contribution in [2.75, 3.05) is 0 Å². The summed E-state index contributed by atoms with van der Waals surface area (Å²) in [5.41, 5.74) is 0.916. The Labute approximate surface area is 65.5 Å². The van der Waals surface area contributed by atoms with Gasteiger partial charge in [-0.25, -0.2) is 0 Å². The van der Waals surface area contributed by atoms with E-state index < -0.39 is 0 Å². The smallest absolute Gasteiger partial charge is 0.250 e. The first kappa shape index (κ1) is 7.98. The molecule has 0 atom stereocenters. The Morgan fingerprint density at radius 3 is 2.55 bits per heavy atom. The van der Waals surface area contributed by atoms with E-state index >= 15 is 0 Å². The maximum absolute atomic E-state index is 10.8. The van der Waals surface area contributed by atoms with E-state index in [2.05, 4.69) is 5.32 Å². The third-order valence-corrected chi connectivity index (χ3v) is 1.69. The molecule has 3 nitrogen and oxygen atoms in total. The van der Waals surface area contributed by atoms with Crippen LogP contribution in [-0.2, 0) is 9.59 Å². The number of carbonyl (C=O) groups is 2. The van der Waals surface area contributed by atoms with Crippen LogP contribution >= 0.6 is 0 Å². The predicted molar refractivity (Wildman–Crippen MR) is 40.7 cm³/mol. The Kier molecular flexibility index (Phi) is 2.08. The van der Waals surface area contributed by atoms with Crippen molar-refractivity contribution >= 4 is 11.8 Å². The number of amides is 2. The highest BCUT2D eigenvalue weighted by atomic mass is 16.2. The standard InChI is InChI=1S/C8H11NO2/c1-5(2)6-3-7(10)9-8(11)4-6/h3,5H,4H2,1-2H3,(H,9,10,11). The van der Waals surface area contributed by atoms with E-state index in [1.807, 2.05) is 13.8 Å². The summed E-state index contributed by atoms with van der Waals surface area (Å²) in [5.74, 6) is -0.198. The minimum absolute atomic E-state index is 0.193. The van der Waals surface area contributed by atoms with Gasteiger partial charge in [0, 0.05) is 12.5 Å². The SMILES string of the molecule is CC(C)C1=CC(=O)NC(=O)C1. The molecule has 0 spiro atoms. The summed E-state index contributed by atoms with van der Waals surface area (Å²) in [6, 6.07) is 0. The van der Waals surface area contributed by atoms with E-state index in [0.717, 1.165) is 5.57 Å². The molecule has 0 fully saturated rings. The maximum atomic E-state index is 10.8. The van der Waals surface area contributed by atoms with Crippen molar-refractivity contribution in [1.82, 2.24) is 5.32 Å². The average Bonchev–Trinajstić information content (AvgIpc) is 1.85. The number of nitrogens with one attached hydrogen (secondary N) is 1. The highest BCUT2D eigenvalue weighted by Gasteiger charge is 2.17. The summed E-state index contributed by atoms with van der Waals surface area (Å²) in [4.78, 5) is 21.6. The molecule has 0 unspecified atom stereocenters. The summed E-state index contributed by atoms with van der Waals surface area (Å²) < 4.78 is 0. The molecular weight excluding hydrogens is 142 g/mol. The van der Waals surface area contributed by atoms with E-state index in [-0.39, 0.29) is 17.7 Å². The fraction of sp³-hybridized carbons (Fsp3) is 0.500. The largest absolute Gasteiger partial charge is 0.293 e. The lowest BCUT2D eigenvalue weighted by Crippen LogP contribution is -2.33. The van der Waals surface area contributed by atoms with Gasteiger partial charge in [0.15, 0.2) is 0 Å². The van der Waals surface area contributed by atoms with E-state index in [9.17, 15) is 9.59 Å². The molecule has 0 aromatic carbocycles. The van der Waals surface area contributed by atoms with Gasteiger partial charge in [-0.3, -0.25) is 14.9 Å². The molecule has 1 heterocycles. The van der Waals surface area contributed by atoms with Crippen molar-refractivity contribution in [3.63, 3.8) is 0 Å². The number of hydrogen-bond acceptors (Lipinski definition) is 2. The summed E-state index contributed by atoms with van der Waals surface area (Å²) in [6.07, 6.45) is 1.87. The second-order valence-corrected chi connectivity index (χ2v) is 2.96. The zero-order valence-corrected chi connectivity index (χ0v) is 6.68. The van der Waals surface area contributed by atoms with E-state index in [1.165, 1.54) is 6.08 Å². The van der Waals surface area contributed by atoms with Gasteiger partial charge >= 0.3 is 0 Å². The minimum Gasteiger partial charge on any atom is -0.293 e. The molecule has 0 radical (unpaired) electrons. The zero-order chi connectivity index (χ0) is 8.43. The van der Waals surface area contributed by atoms with Crippen LogP contribution in [0.5, 0.6) is 0 Å². The highest BCUT2D eigenvalue weighted by molar-refractivity contribution is 6.05. The quantitative estimate of drug-likeness (QED) is 0.561. The van der Waals surface area contributed by atoms with Crippen LogP contribution in [0.25, 0.3) is 0 Å². The molecule has 0 bridgehead atoms. The first-order valence-corrected chi connectivity index (χ1v) is 3.64. The van der Waals surface area contributed by atoms with E-state index in [0.29, 0.717) is 6.42 Å². The highest BCUT2D eigenvalue weighted by Crippen LogP contribution is 2.15. The lowest BCUT2D eigenvalue weighted by molar-refractivity contribution is -0.128. The van der Waals surface area contributed by atoms with Crippen molar-refractivity contribution in [3.05, 3.63) is 11.6 Å². The number of hydrogen-bond donors (Lipinski definition) is 1.